The summed E-state index contributed by atoms with van der Waals surface area (Å²) in [7, 11) is 5.04. The Kier molecular flexibility index (Phi) is 14.5. The van der Waals surface area contributed by atoms with Crippen molar-refractivity contribution < 1.29 is 52.4 Å². The van der Waals surface area contributed by atoms with E-state index in [9.17, 15) is 24.3 Å². The Balaban J connectivity index is 1.45. The van der Waals surface area contributed by atoms with Crippen molar-refractivity contribution in [2.24, 2.45) is 17.8 Å². The SMILES string of the molecule is CC[C@H]1OC(=O)[C@](C)(F)C(=O)[C@H](C)[C@@H](O[C@@H]2O[C@H](C)C[C@H](N(C)C)[C@H]2O)[C@](C)(OC)C[C@@H](C)C(=O)[C@@H](C)[C@H]2N(CCCCn3cc(-c4cccc(N)c4)nn3)C(=O)O[C@]12C. The second-order valence-electron chi connectivity index (χ2n) is 17.8. The summed E-state index contributed by atoms with van der Waals surface area (Å²) in [6.07, 6.45) is -2.57. The Labute approximate surface area is 352 Å². The first-order chi connectivity index (χ1) is 28.1. The minimum atomic E-state index is -3.19. The quantitative estimate of drug-likeness (QED) is 0.138. The van der Waals surface area contributed by atoms with Crippen LogP contribution in [0.2, 0.25) is 0 Å². The van der Waals surface area contributed by atoms with E-state index in [1.54, 1.807) is 45.4 Å². The number of alkyl halides is 1. The topological polar surface area (TPSA) is 198 Å². The van der Waals surface area contributed by atoms with Crippen LogP contribution in [0.25, 0.3) is 11.3 Å². The van der Waals surface area contributed by atoms with Gasteiger partial charge in [-0.1, -0.05) is 45.0 Å². The number of cyclic esters (lactones) is 1. The molecule has 0 aliphatic carbocycles. The normalized spacial score (nSPS) is 37.1. The number of nitrogen functional groups attached to an aromatic ring is 1. The molecule has 17 heteroatoms. The lowest BCUT2D eigenvalue weighted by Gasteiger charge is -2.47. The van der Waals surface area contributed by atoms with E-state index in [0.717, 1.165) is 12.5 Å². The predicted octanol–water partition coefficient (Wildman–Crippen LogP) is 4.60. The van der Waals surface area contributed by atoms with Crippen LogP contribution in [0, 0.1) is 17.8 Å². The van der Waals surface area contributed by atoms with E-state index in [0.29, 0.717) is 37.2 Å². The minimum Gasteiger partial charge on any atom is -0.455 e. The van der Waals surface area contributed by atoms with Crippen molar-refractivity contribution in [1.82, 2.24) is 24.8 Å². The van der Waals surface area contributed by atoms with Gasteiger partial charge in [-0.05, 0) is 86.0 Å². The molecular weight excluding hydrogens is 780 g/mol. The van der Waals surface area contributed by atoms with E-state index >= 15 is 4.39 Å². The summed E-state index contributed by atoms with van der Waals surface area (Å²) in [5.41, 5.74) is 1.80. The number of hydrogen-bond donors (Lipinski definition) is 2. The van der Waals surface area contributed by atoms with Gasteiger partial charge in [0, 0.05) is 55.2 Å². The fourth-order valence-corrected chi connectivity index (χ4v) is 9.51. The molecule has 0 bridgehead atoms. The number of hydrogen-bond acceptors (Lipinski definition) is 14. The van der Waals surface area contributed by atoms with Crippen molar-refractivity contribution in [2.45, 2.75) is 154 Å². The van der Waals surface area contributed by atoms with Crippen LogP contribution in [-0.4, -0.2) is 141 Å². The first kappa shape index (κ1) is 47.0. The number of fused-ring (bicyclic) bond motifs is 1. The number of rotatable bonds is 11. The smallest absolute Gasteiger partial charge is 0.410 e. The Morgan fingerprint density at radius 1 is 1.05 bits per heavy atom. The Morgan fingerprint density at radius 3 is 2.37 bits per heavy atom. The van der Waals surface area contributed by atoms with Crippen LogP contribution in [0.3, 0.4) is 0 Å². The number of amides is 1. The minimum absolute atomic E-state index is 0.0111. The van der Waals surface area contributed by atoms with Crippen molar-refractivity contribution in [2.75, 3.05) is 33.5 Å². The summed E-state index contributed by atoms with van der Waals surface area (Å²) in [6.45, 7) is 13.1. The van der Waals surface area contributed by atoms with Crippen molar-refractivity contribution in [3.63, 3.8) is 0 Å². The molecule has 0 radical (unpaired) electrons. The summed E-state index contributed by atoms with van der Waals surface area (Å²) < 4.78 is 49.2. The maximum absolute atomic E-state index is 16.9. The highest BCUT2D eigenvalue weighted by Gasteiger charge is 2.61. The molecular formula is C43H65FN6O10. The van der Waals surface area contributed by atoms with Crippen LogP contribution in [0.4, 0.5) is 14.9 Å². The van der Waals surface area contributed by atoms with Crippen LogP contribution in [-0.2, 0) is 44.6 Å². The average Bonchev–Trinajstić information content (AvgIpc) is 3.78. The van der Waals surface area contributed by atoms with Crippen molar-refractivity contribution in [1.29, 1.82) is 0 Å². The molecule has 3 fully saturated rings. The number of anilines is 1. The highest BCUT2D eigenvalue weighted by Crippen LogP contribution is 2.44. The van der Waals surface area contributed by atoms with Gasteiger partial charge in [0.05, 0.1) is 30.0 Å². The average molecular weight is 845 g/mol. The molecule has 3 N–H and O–H groups in total. The number of methoxy groups -OCH3 is 1. The number of aryl methyl sites for hydroxylation is 1. The second kappa shape index (κ2) is 18.5. The maximum atomic E-state index is 16.9. The summed E-state index contributed by atoms with van der Waals surface area (Å²) in [6, 6.07) is 6.02. The molecule has 60 heavy (non-hydrogen) atoms. The first-order valence-corrected chi connectivity index (χ1v) is 21.0. The Morgan fingerprint density at radius 2 is 1.73 bits per heavy atom. The van der Waals surface area contributed by atoms with Gasteiger partial charge >= 0.3 is 12.1 Å². The van der Waals surface area contributed by atoms with Gasteiger partial charge in [-0.3, -0.25) is 14.3 Å². The van der Waals surface area contributed by atoms with Crippen LogP contribution in [0.5, 0.6) is 0 Å². The van der Waals surface area contributed by atoms with Crippen molar-refractivity contribution in [3.8, 4) is 11.3 Å². The number of Topliss-reactive ketones (excluding diaryl/α,β-unsaturated/α-hetero) is 2. The third-order valence-electron chi connectivity index (χ3n) is 12.9. The van der Waals surface area contributed by atoms with E-state index in [4.69, 9.17) is 29.4 Å². The number of aliphatic hydroxyl groups is 1. The lowest BCUT2D eigenvalue weighted by Crippen LogP contribution is -2.61. The van der Waals surface area contributed by atoms with Crippen LogP contribution < -0.4 is 5.73 Å². The fraction of sp³-hybridized carbons (Fsp3) is 0.721. The van der Waals surface area contributed by atoms with Gasteiger partial charge in [0.25, 0.3) is 5.67 Å². The monoisotopic (exact) mass is 844 g/mol. The number of likely N-dealkylation sites (N-methyl/N-ethyl adjacent to an activating group) is 1. The number of nitrogens with zero attached hydrogens (tertiary/aromatic N) is 5. The van der Waals surface area contributed by atoms with E-state index in [-0.39, 0.29) is 37.3 Å². The first-order valence-electron chi connectivity index (χ1n) is 21.0. The second-order valence-corrected chi connectivity index (χ2v) is 17.8. The predicted molar refractivity (Wildman–Crippen MR) is 219 cm³/mol. The summed E-state index contributed by atoms with van der Waals surface area (Å²) >= 11 is 0. The molecule has 13 atom stereocenters. The van der Waals surface area contributed by atoms with Gasteiger partial charge in [-0.15, -0.1) is 5.10 Å². The molecule has 0 unspecified atom stereocenters. The maximum Gasteiger partial charge on any atom is 0.410 e. The molecule has 1 amide bonds. The molecule has 0 spiro atoms. The van der Waals surface area contributed by atoms with E-state index in [1.807, 2.05) is 50.3 Å². The third-order valence-corrected chi connectivity index (χ3v) is 12.9. The van der Waals surface area contributed by atoms with Gasteiger partial charge in [0.1, 0.15) is 23.7 Å². The number of esters is 1. The van der Waals surface area contributed by atoms with Crippen LogP contribution in [0.1, 0.15) is 87.5 Å². The lowest BCUT2D eigenvalue weighted by atomic mass is 9.73. The zero-order valence-corrected chi connectivity index (χ0v) is 36.9. The number of carbonyl (C=O) groups is 4. The van der Waals surface area contributed by atoms with Gasteiger partial charge in [-0.25, -0.2) is 14.0 Å². The van der Waals surface area contributed by atoms with E-state index in [2.05, 4.69) is 10.3 Å². The van der Waals surface area contributed by atoms with Gasteiger partial charge in [-0.2, -0.15) is 0 Å². The van der Waals surface area contributed by atoms with Crippen molar-refractivity contribution in [3.05, 3.63) is 30.5 Å². The molecule has 2 aromatic rings. The number of ketones is 2. The fourth-order valence-electron chi connectivity index (χ4n) is 9.51. The highest BCUT2D eigenvalue weighted by molar-refractivity contribution is 6.08. The summed E-state index contributed by atoms with van der Waals surface area (Å²) in [5, 5.41) is 19.9. The number of ether oxygens (including phenoxy) is 5. The molecule has 3 aliphatic heterocycles. The summed E-state index contributed by atoms with van der Waals surface area (Å²) in [5.74, 6) is -5.85. The largest absolute Gasteiger partial charge is 0.455 e. The van der Waals surface area contributed by atoms with Crippen molar-refractivity contribution >= 4 is 29.3 Å². The van der Waals surface area contributed by atoms with Gasteiger partial charge < -0.3 is 44.3 Å². The van der Waals surface area contributed by atoms with E-state index in [1.165, 1.54) is 18.9 Å². The molecule has 1 aromatic carbocycles. The van der Waals surface area contributed by atoms with Crippen LogP contribution >= 0.6 is 0 Å². The number of unbranched alkanes of at least 4 members (excludes halogenated alkanes) is 1. The number of benzene rings is 1. The molecule has 334 valence electrons. The Hall–Kier alpha value is -4.03. The summed E-state index contributed by atoms with van der Waals surface area (Å²) in [4.78, 5) is 60.1. The molecule has 0 saturated carbocycles. The standard InChI is InChI=1S/C43H65FN6O10/c1-12-32-43(8)35(50(40(55)60-43)19-14-13-18-49-23-30(46-47-49)28-16-15-17-29(45)21-28)26(4)33(51)24(2)22-41(6,56-11)37(27(5)36(53)42(7,44)39(54)58-32)59-38-34(52)31(48(9)10)20-25(3)57-38/h15-17,21,23-27,31-32,34-35,37-38,52H,12-14,18-20,22,45H2,1-11H3/t24-,25-,26-,27+,31+,32-,34-,35-,37-,38+,41-,42-,43-/m1/s1. The number of halogens is 1. The molecule has 3 aliphatic rings. The van der Waals surface area contributed by atoms with Gasteiger partial charge in [0.2, 0.25) is 0 Å². The third kappa shape index (κ3) is 9.39. The number of nitrogens with two attached hydrogens (primary N) is 1. The zero-order chi connectivity index (χ0) is 44.5. The van der Waals surface area contributed by atoms with Gasteiger partial charge in [0.15, 0.2) is 17.7 Å². The zero-order valence-electron chi connectivity index (χ0n) is 36.9. The molecule has 5 rings (SSSR count). The number of aromatic nitrogens is 3. The number of aliphatic hydroxyl groups excluding tert-OH is 1. The van der Waals surface area contributed by atoms with E-state index < -0.39 is 83.1 Å². The highest BCUT2D eigenvalue weighted by atomic mass is 19.1. The van der Waals surface area contributed by atoms with Crippen LogP contribution in [0.15, 0.2) is 30.5 Å². The molecule has 1 aromatic heterocycles. The molecule has 16 nitrogen and oxygen atoms in total. The molecule has 4 heterocycles. The Bertz CT molecular complexity index is 1860. The lowest BCUT2D eigenvalue weighted by molar-refractivity contribution is -0.295. The number of carbonyl (C=O) groups excluding carboxylic acids is 4. The molecule has 3 saturated heterocycles.